The molecule has 3 heterocycles. The molecule has 12 aromatic rings. The number of rotatable bonds is 6. The van der Waals surface area contributed by atoms with Crippen molar-refractivity contribution in [3.05, 3.63) is 283 Å². The summed E-state index contributed by atoms with van der Waals surface area (Å²) < 4.78 is 0. The SMILES string of the molecule is C1=c2c(ccc3c2=Cc2nc(-c4ccccc4N(c4ccccc4-c4ccc5c(n4)C=c4c-5ccc5c4=Cc4ccccc4-5)c4ccccc4-c4ccc5c(n4)C=c4c-5ccc5c4=Cc4ccccc4-5)ccc2-3)-c2ccccc21. The first-order valence-corrected chi connectivity index (χ1v) is 27.2. The third-order valence-corrected chi connectivity index (χ3v) is 17.3. The van der Waals surface area contributed by atoms with E-state index < -0.39 is 0 Å². The van der Waals surface area contributed by atoms with Gasteiger partial charge in [0.15, 0.2) is 0 Å². The van der Waals surface area contributed by atoms with Gasteiger partial charge in [-0.3, -0.25) is 0 Å². The monoisotopic (exact) mass is 998 g/mol. The largest absolute Gasteiger partial charge is 0.308 e. The van der Waals surface area contributed by atoms with E-state index in [4.69, 9.17) is 15.0 Å². The molecule has 0 saturated carbocycles. The highest BCUT2D eigenvalue weighted by molar-refractivity contribution is 5.99. The summed E-state index contributed by atoms with van der Waals surface area (Å²) >= 11 is 0. The van der Waals surface area contributed by atoms with Gasteiger partial charge in [0.25, 0.3) is 0 Å². The number of nitrogens with zero attached hydrogens (tertiary/aromatic N) is 4. The van der Waals surface area contributed by atoms with Gasteiger partial charge in [0.05, 0.1) is 51.2 Å². The number of benzene rings is 9. The summed E-state index contributed by atoms with van der Waals surface area (Å²) in [6.07, 6.45) is 13.9. The Bertz CT molecular complexity index is 4700. The molecular weight excluding hydrogens is 957 g/mol. The highest BCUT2D eigenvalue weighted by atomic mass is 15.2. The van der Waals surface area contributed by atoms with Gasteiger partial charge in [-0.1, -0.05) is 182 Å². The van der Waals surface area contributed by atoms with E-state index in [1.54, 1.807) is 0 Å². The Hall–Kier alpha value is -10.6. The normalized spacial score (nSPS) is 12.9. The van der Waals surface area contributed by atoms with Gasteiger partial charge < -0.3 is 4.90 Å². The molecule has 3 aromatic heterocycles. The minimum Gasteiger partial charge on any atom is -0.308 e. The van der Waals surface area contributed by atoms with Crippen LogP contribution in [0.5, 0.6) is 0 Å². The lowest BCUT2D eigenvalue weighted by Crippen LogP contribution is -2.25. The van der Waals surface area contributed by atoms with Gasteiger partial charge in [0.1, 0.15) is 0 Å². The summed E-state index contributed by atoms with van der Waals surface area (Å²) in [7, 11) is 0. The van der Waals surface area contributed by atoms with Crippen molar-refractivity contribution in [3.63, 3.8) is 0 Å². The van der Waals surface area contributed by atoms with Crippen LogP contribution in [0.3, 0.4) is 0 Å². The van der Waals surface area contributed by atoms with Gasteiger partial charge in [-0.15, -0.1) is 0 Å². The molecule has 9 aromatic carbocycles. The zero-order chi connectivity index (χ0) is 51.4. The fraction of sp³-hybridized carbons (Fsp3) is 0. The minimum absolute atomic E-state index is 0.895. The molecule has 0 fully saturated rings. The van der Waals surface area contributed by atoms with E-state index in [9.17, 15) is 0 Å². The molecule has 0 spiro atoms. The number of pyridine rings is 3. The first kappa shape index (κ1) is 42.6. The summed E-state index contributed by atoms with van der Waals surface area (Å²) in [4.78, 5) is 19.1. The standard InChI is InChI=1S/C75H42N4/c1-4-16-46-43(13-1)37-61-49(46)25-28-52-55-31-34-67(76-70(55)40-64(52)61)58-19-7-10-22-73(58)79(74-23-11-8-20-59(74)68-35-32-56-53-29-26-50-47-17-5-2-14-44(47)38-62(50)65(53)41-71(56)77-68)75-24-12-9-21-60(75)69-36-33-57-54-30-27-51-48-18-6-3-15-45(48)39-63(51)66(54)42-72(57)78-69/h1-42H. The van der Waals surface area contributed by atoms with E-state index in [1.165, 1.54) is 98.1 Å². The Morgan fingerprint density at radius 1 is 0.190 bits per heavy atom. The van der Waals surface area contributed by atoms with E-state index in [-0.39, 0.29) is 0 Å². The van der Waals surface area contributed by atoms with Crippen LogP contribution >= 0.6 is 0 Å². The molecule has 18 rings (SSSR count). The highest BCUT2D eigenvalue weighted by Gasteiger charge is 2.28. The summed E-state index contributed by atoms with van der Waals surface area (Å²) in [5.74, 6) is 0. The van der Waals surface area contributed by atoms with Crippen LogP contribution in [0.4, 0.5) is 17.1 Å². The van der Waals surface area contributed by atoms with Gasteiger partial charge in [-0.25, -0.2) is 15.0 Å². The molecule has 4 nitrogen and oxygen atoms in total. The summed E-state index contributed by atoms with van der Waals surface area (Å²) in [5, 5.41) is 7.49. The smallest absolute Gasteiger partial charge is 0.0730 e. The molecule has 0 saturated heterocycles. The molecule has 6 aliphatic rings. The predicted octanol–water partition coefficient (Wildman–Crippen LogP) is 13.2. The van der Waals surface area contributed by atoms with Crippen LogP contribution in [0.25, 0.3) is 137 Å². The van der Waals surface area contributed by atoms with Gasteiger partial charge in [-0.2, -0.15) is 0 Å². The molecule has 0 aliphatic heterocycles. The second-order valence-electron chi connectivity index (χ2n) is 21.4. The summed E-state index contributed by atoms with van der Waals surface area (Å²) in [6.45, 7) is 0. The predicted molar refractivity (Wildman–Crippen MR) is 323 cm³/mol. The Kier molecular flexibility index (Phi) is 8.64. The Morgan fingerprint density at radius 3 is 0.747 bits per heavy atom. The van der Waals surface area contributed by atoms with E-state index >= 15 is 0 Å². The van der Waals surface area contributed by atoms with Crippen LogP contribution in [-0.4, -0.2) is 15.0 Å². The van der Waals surface area contributed by atoms with E-state index in [2.05, 4.69) is 260 Å². The number of anilines is 3. The fourth-order valence-electron chi connectivity index (χ4n) is 13.7. The number of para-hydroxylation sites is 3. The van der Waals surface area contributed by atoms with Crippen LogP contribution in [0.1, 0.15) is 33.8 Å². The molecule has 0 N–H and O–H groups in total. The van der Waals surface area contributed by atoms with E-state index in [1.807, 2.05) is 0 Å². The molecule has 79 heavy (non-hydrogen) atoms. The van der Waals surface area contributed by atoms with Crippen molar-refractivity contribution in [1.82, 2.24) is 15.0 Å². The van der Waals surface area contributed by atoms with Crippen LogP contribution < -0.4 is 36.2 Å². The average Bonchev–Trinajstić information content (AvgIpc) is 4.43. The lowest BCUT2D eigenvalue weighted by atomic mass is 9.98. The quantitative estimate of drug-likeness (QED) is 0.166. The topological polar surface area (TPSA) is 41.9 Å². The minimum atomic E-state index is 0.895. The van der Waals surface area contributed by atoms with Crippen molar-refractivity contribution in [2.75, 3.05) is 4.90 Å². The number of hydrogen-bond acceptors (Lipinski definition) is 4. The molecule has 0 unspecified atom stereocenters. The molecule has 0 bridgehead atoms. The van der Waals surface area contributed by atoms with E-state index in [0.29, 0.717) is 0 Å². The van der Waals surface area contributed by atoms with Crippen molar-refractivity contribution < 1.29 is 0 Å². The zero-order valence-electron chi connectivity index (χ0n) is 42.5. The second-order valence-corrected chi connectivity index (χ2v) is 21.4. The Labute approximate surface area is 454 Å². The third kappa shape index (κ3) is 6.11. The summed E-state index contributed by atoms with van der Waals surface area (Å²) in [6, 6.07) is 79.3. The average molecular weight is 999 g/mol. The molecule has 0 atom stereocenters. The lowest BCUT2D eigenvalue weighted by Gasteiger charge is -2.31. The highest BCUT2D eigenvalue weighted by Crippen LogP contribution is 2.48. The number of hydrogen-bond donors (Lipinski definition) is 0. The maximum Gasteiger partial charge on any atom is 0.0730 e. The molecule has 4 heteroatoms. The van der Waals surface area contributed by atoms with Gasteiger partial charge >= 0.3 is 0 Å². The molecular formula is C75H42N4. The maximum absolute atomic E-state index is 5.56. The van der Waals surface area contributed by atoms with Crippen LogP contribution in [-0.2, 0) is 0 Å². The van der Waals surface area contributed by atoms with Crippen LogP contribution in [0.15, 0.2) is 218 Å². The van der Waals surface area contributed by atoms with Crippen LogP contribution in [0.2, 0.25) is 0 Å². The molecule has 362 valence electrons. The fourth-order valence-corrected chi connectivity index (χ4v) is 13.7. The third-order valence-electron chi connectivity index (χ3n) is 17.3. The van der Waals surface area contributed by atoms with E-state index in [0.717, 1.165) is 84.6 Å². The Morgan fingerprint density at radius 2 is 0.430 bits per heavy atom. The van der Waals surface area contributed by atoms with Gasteiger partial charge in [-0.05, 0) is 171 Å². The van der Waals surface area contributed by atoms with Crippen molar-refractivity contribution >= 4 is 53.5 Å². The molecule has 0 radical (unpaired) electrons. The van der Waals surface area contributed by atoms with Crippen molar-refractivity contribution in [2.45, 2.75) is 0 Å². The lowest BCUT2D eigenvalue weighted by molar-refractivity contribution is 1.23. The number of aromatic nitrogens is 3. The van der Waals surface area contributed by atoms with Crippen molar-refractivity contribution in [1.29, 1.82) is 0 Å². The Balaban J connectivity index is 0.811. The first-order chi connectivity index (χ1) is 39.1. The van der Waals surface area contributed by atoms with Gasteiger partial charge in [0, 0.05) is 33.4 Å². The first-order valence-electron chi connectivity index (χ1n) is 27.2. The van der Waals surface area contributed by atoms with Gasteiger partial charge in [0.2, 0.25) is 0 Å². The van der Waals surface area contributed by atoms with Crippen LogP contribution in [0, 0.1) is 0 Å². The second kappa shape index (κ2) is 16.0. The van der Waals surface area contributed by atoms with Crippen molar-refractivity contribution in [3.8, 4) is 101 Å². The molecule has 0 amide bonds. The maximum atomic E-state index is 5.56. The zero-order valence-corrected chi connectivity index (χ0v) is 42.5. The number of fused-ring (bicyclic) bond motifs is 21. The van der Waals surface area contributed by atoms with Crippen molar-refractivity contribution in [2.24, 2.45) is 0 Å². The molecule has 6 aliphatic carbocycles. The summed E-state index contributed by atoms with van der Waals surface area (Å²) in [5.41, 5.74) is 30.2.